The van der Waals surface area contributed by atoms with Gasteiger partial charge in [-0.05, 0) is 38.0 Å². The summed E-state index contributed by atoms with van der Waals surface area (Å²) in [6.45, 7) is 5.73. The highest BCUT2D eigenvalue weighted by atomic mass is 16.5. The molecule has 0 saturated carbocycles. The molecule has 0 radical (unpaired) electrons. The average molecular weight is 415 g/mol. The minimum Gasteiger partial charge on any atom is -0.384 e. The third-order valence-corrected chi connectivity index (χ3v) is 4.80. The van der Waals surface area contributed by atoms with E-state index in [1.54, 1.807) is 18.3 Å². The number of carbonyl (C=O) groups excluding carboxylic acids is 2. The number of carbonyl (C=O) groups is 2. The number of hydrazine groups is 1. The number of nitrogens with two attached hydrogens (primary N) is 1. The standard InChI is InChI=1S/C20H29N7O3/c1-4-5-6-7-16(11-27(30)12-28)19(29)25-26-20-23-14(3)13(2)18(24-20)15-8-9-22-17(21)10-15/h8-10,12,16,30H,4-7,11H2,1-3H3,(H2,21,22)(H,25,29)(H,23,24,26)/t16-/m1/s1. The minimum atomic E-state index is -0.565. The molecule has 30 heavy (non-hydrogen) atoms. The number of hydrogen-bond donors (Lipinski definition) is 4. The summed E-state index contributed by atoms with van der Waals surface area (Å²) in [6.07, 6.45) is 5.21. The molecule has 2 aromatic heterocycles. The second-order valence-corrected chi connectivity index (χ2v) is 7.11. The van der Waals surface area contributed by atoms with Crippen molar-refractivity contribution in [2.75, 3.05) is 17.7 Å². The van der Waals surface area contributed by atoms with E-state index in [4.69, 9.17) is 5.73 Å². The summed E-state index contributed by atoms with van der Waals surface area (Å²) in [7, 11) is 0. The zero-order valence-electron chi connectivity index (χ0n) is 17.6. The number of unbranched alkanes of at least 4 members (excludes halogenated alkanes) is 2. The molecule has 0 unspecified atom stereocenters. The van der Waals surface area contributed by atoms with Gasteiger partial charge in [-0.3, -0.25) is 25.6 Å². The van der Waals surface area contributed by atoms with Crippen LogP contribution in [0.3, 0.4) is 0 Å². The van der Waals surface area contributed by atoms with Crippen LogP contribution in [-0.2, 0) is 9.59 Å². The molecule has 2 heterocycles. The van der Waals surface area contributed by atoms with Crippen LogP contribution >= 0.6 is 0 Å². The summed E-state index contributed by atoms with van der Waals surface area (Å²) in [5, 5.41) is 9.98. The van der Waals surface area contributed by atoms with Gasteiger partial charge >= 0.3 is 0 Å². The van der Waals surface area contributed by atoms with E-state index in [9.17, 15) is 14.8 Å². The molecular weight excluding hydrogens is 386 g/mol. The molecule has 0 aliphatic carbocycles. The van der Waals surface area contributed by atoms with Gasteiger partial charge < -0.3 is 5.73 Å². The Balaban J connectivity index is 2.14. The number of pyridine rings is 1. The number of nitrogens with one attached hydrogen (secondary N) is 2. The highest BCUT2D eigenvalue weighted by Crippen LogP contribution is 2.24. The molecule has 2 aromatic rings. The maximum Gasteiger partial charge on any atom is 0.243 e. The van der Waals surface area contributed by atoms with Crippen LogP contribution in [-0.4, -0.2) is 44.1 Å². The summed E-state index contributed by atoms with van der Waals surface area (Å²) in [4.78, 5) is 36.2. The summed E-state index contributed by atoms with van der Waals surface area (Å²) in [6, 6.07) is 3.52. The Kier molecular flexibility index (Phi) is 8.48. The quantitative estimate of drug-likeness (QED) is 0.189. The molecule has 10 nitrogen and oxygen atoms in total. The predicted octanol–water partition coefficient (Wildman–Crippen LogP) is 2.22. The third kappa shape index (κ3) is 6.38. The Labute approximate surface area is 175 Å². The summed E-state index contributed by atoms with van der Waals surface area (Å²) >= 11 is 0. The summed E-state index contributed by atoms with van der Waals surface area (Å²) in [5.41, 5.74) is 14.2. The number of aryl methyl sites for hydroxylation is 1. The number of amides is 2. The highest BCUT2D eigenvalue weighted by Gasteiger charge is 2.21. The number of nitrogens with zero attached hydrogens (tertiary/aromatic N) is 4. The van der Waals surface area contributed by atoms with Gasteiger partial charge in [0.05, 0.1) is 18.2 Å². The molecule has 0 aliphatic heterocycles. The molecule has 0 spiro atoms. The second-order valence-electron chi connectivity index (χ2n) is 7.11. The van der Waals surface area contributed by atoms with Crippen LogP contribution in [0.15, 0.2) is 18.3 Å². The molecule has 0 bridgehead atoms. The van der Waals surface area contributed by atoms with Gasteiger partial charge in [0, 0.05) is 17.5 Å². The minimum absolute atomic E-state index is 0.0872. The first-order valence-electron chi connectivity index (χ1n) is 9.89. The lowest BCUT2D eigenvalue weighted by Crippen LogP contribution is -2.40. The van der Waals surface area contributed by atoms with Crippen molar-refractivity contribution in [3.8, 4) is 11.3 Å². The zero-order chi connectivity index (χ0) is 22.1. The third-order valence-electron chi connectivity index (χ3n) is 4.80. The van der Waals surface area contributed by atoms with Crippen LogP contribution in [0.5, 0.6) is 0 Å². The van der Waals surface area contributed by atoms with Crippen molar-refractivity contribution in [2.24, 2.45) is 5.92 Å². The van der Waals surface area contributed by atoms with Gasteiger partial charge in [0.25, 0.3) is 0 Å². The van der Waals surface area contributed by atoms with E-state index in [1.807, 2.05) is 13.8 Å². The van der Waals surface area contributed by atoms with E-state index in [0.717, 1.165) is 36.1 Å². The lowest BCUT2D eigenvalue weighted by atomic mass is 10.0. The van der Waals surface area contributed by atoms with Crippen molar-refractivity contribution < 1.29 is 14.8 Å². The molecule has 2 rings (SSSR count). The monoisotopic (exact) mass is 415 g/mol. The van der Waals surface area contributed by atoms with Crippen LogP contribution in [0.1, 0.15) is 43.9 Å². The van der Waals surface area contributed by atoms with Gasteiger partial charge in [0.1, 0.15) is 5.82 Å². The van der Waals surface area contributed by atoms with Crippen LogP contribution in [0, 0.1) is 19.8 Å². The van der Waals surface area contributed by atoms with E-state index >= 15 is 0 Å². The number of anilines is 2. The Bertz CT molecular complexity index is 875. The number of hydroxylamine groups is 2. The van der Waals surface area contributed by atoms with Gasteiger partial charge in [-0.2, -0.15) is 0 Å². The van der Waals surface area contributed by atoms with Crippen LogP contribution in [0.25, 0.3) is 11.3 Å². The van der Waals surface area contributed by atoms with Gasteiger partial charge in [0.15, 0.2) is 0 Å². The van der Waals surface area contributed by atoms with Crippen molar-refractivity contribution in [1.82, 2.24) is 25.4 Å². The van der Waals surface area contributed by atoms with E-state index in [0.29, 0.717) is 23.0 Å². The maximum absolute atomic E-state index is 12.6. The SMILES string of the molecule is CCCCC[C@H](CN(O)C=O)C(=O)NNc1nc(C)c(C)c(-c2ccnc(N)c2)n1. The predicted molar refractivity (Wildman–Crippen MR) is 113 cm³/mol. The smallest absolute Gasteiger partial charge is 0.243 e. The molecule has 0 aliphatic rings. The average Bonchev–Trinajstić information content (AvgIpc) is 2.73. The first kappa shape index (κ1) is 23.0. The zero-order valence-corrected chi connectivity index (χ0v) is 17.6. The van der Waals surface area contributed by atoms with Crippen molar-refractivity contribution in [3.63, 3.8) is 0 Å². The van der Waals surface area contributed by atoms with E-state index < -0.39 is 5.92 Å². The van der Waals surface area contributed by atoms with E-state index in [-0.39, 0.29) is 24.8 Å². The fraction of sp³-hybridized carbons (Fsp3) is 0.450. The Morgan fingerprint density at radius 2 is 2.10 bits per heavy atom. The van der Waals surface area contributed by atoms with Gasteiger partial charge in [-0.15, -0.1) is 0 Å². The van der Waals surface area contributed by atoms with Gasteiger partial charge in [-0.25, -0.2) is 20.0 Å². The first-order valence-corrected chi connectivity index (χ1v) is 9.89. The van der Waals surface area contributed by atoms with Crippen LogP contribution in [0.2, 0.25) is 0 Å². The first-order chi connectivity index (χ1) is 14.3. The van der Waals surface area contributed by atoms with Crippen molar-refractivity contribution in [3.05, 3.63) is 29.6 Å². The lowest BCUT2D eigenvalue weighted by molar-refractivity contribution is -0.154. The van der Waals surface area contributed by atoms with E-state index in [1.165, 1.54) is 0 Å². The molecule has 10 heteroatoms. The number of nitrogen functional groups attached to an aromatic ring is 1. The molecule has 162 valence electrons. The fourth-order valence-corrected chi connectivity index (χ4v) is 3.00. The maximum atomic E-state index is 12.6. The molecule has 0 fully saturated rings. The van der Waals surface area contributed by atoms with Gasteiger partial charge in [-0.1, -0.05) is 26.2 Å². The fourth-order valence-electron chi connectivity index (χ4n) is 3.00. The summed E-state index contributed by atoms with van der Waals surface area (Å²) in [5.74, 6) is -0.321. The lowest BCUT2D eigenvalue weighted by Gasteiger charge is -2.20. The Hall–Kier alpha value is -3.27. The van der Waals surface area contributed by atoms with Crippen LogP contribution < -0.4 is 16.6 Å². The molecule has 5 N–H and O–H groups in total. The van der Waals surface area contributed by atoms with Crippen molar-refractivity contribution in [2.45, 2.75) is 46.5 Å². The van der Waals surface area contributed by atoms with Crippen molar-refractivity contribution in [1.29, 1.82) is 0 Å². The number of rotatable bonds is 11. The van der Waals surface area contributed by atoms with Crippen molar-refractivity contribution >= 4 is 24.1 Å². The van der Waals surface area contributed by atoms with Crippen LogP contribution in [0.4, 0.5) is 11.8 Å². The summed E-state index contributed by atoms with van der Waals surface area (Å²) < 4.78 is 0. The Morgan fingerprint density at radius 3 is 2.77 bits per heavy atom. The number of hydrogen-bond acceptors (Lipinski definition) is 8. The molecule has 0 aromatic carbocycles. The topological polar surface area (TPSA) is 146 Å². The van der Waals surface area contributed by atoms with Gasteiger partial charge in [0.2, 0.25) is 18.3 Å². The van der Waals surface area contributed by atoms with E-state index in [2.05, 4.69) is 32.7 Å². The number of aromatic nitrogens is 3. The molecular formula is C20H29N7O3. The Morgan fingerprint density at radius 1 is 1.33 bits per heavy atom. The molecule has 1 atom stereocenters. The molecule has 2 amide bonds. The largest absolute Gasteiger partial charge is 0.384 e. The second kappa shape index (κ2) is 11.1. The highest BCUT2D eigenvalue weighted by molar-refractivity contribution is 5.80. The normalized spacial score (nSPS) is 11.6. The molecule has 0 saturated heterocycles.